The molecule has 2 rings (SSSR count). The Labute approximate surface area is 92.3 Å². The molecule has 5 nitrogen and oxygen atoms in total. The highest BCUT2D eigenvalue weighted by Crippen LogP contribution is 2.31. The molecule has 0 aliphatic heterocycles. The maximum atomic E-state index is 11.5. The summed E-state index contributed by atoms with van der Waals surface area (Å²) >= 11 is 1.27. The van der Waals surface area contributed by atoms with Gasteiger partial charge in [0.15, 0.2) is 0 Å². The van der Waals surface area contributed by atoms with Crippen LogP contribution in [-0.2, 0) is 0 Å². The number of hydrogen-bond donors (Lipinski definition) is 2. The minimum atomic E-state index is -0.116. The van der Waals surface area contributed by atoms with Crippen LogP contribution in [0.2, 0.25) is 0 Å². The van der Waals surface area contributed by atoms with Crippen LogP contribution < -0.4 is 10.6 Å². The van der Waals surface area contributed by atoms with E-state index in [2.05, 4.69) is 20.8 Å². The van der Waals surface area contributed by atoms with E-state index in [1.54, 1.807) is 7.05 Å². The molecule has 0 atom stereocenters. The number of carbonyl (C=O) groups excluding carboxylic acids is 1. The van der Waals surface area contributed by atoms with Gasteiger partial charge in [-0.3, -0.25) is 4.79 Å². The zero-order valence-electron chi connectivity index (χ0n) is 8.62. The van der Waals surface area contributed by atoms with E-state index in [1.165, 1.54) is 24.2 Å². The van der Waals surface area contributed by atoms with E-state index in [0.29, 0.717) is 10.1 Å². The summed E-state index contributed by atoms with van der Waals surface area (Å²) in [5.74, 6) is 0.724. The predicted octanol–water partition coefficient (Wildman–Crippen LogP) is 1.11. The van der Waals surface area contributed by atoms with Crippen molar-refractivity contribution in [3.63, 3.8) is 0 Å². The molecule has 0 bridgehead atoms. The van der Waals surface area contributed by atoms with Crippen LogP contribution >= 0.6 is 11.3 Å². The molecule has 1 aromatic heterocycles. The summed E-state index contributed by atoms with van der Waals surface area (Å²) in [6, 6.07) is 0. The number of carbonyl (C=O) groups is 1. The van der Waals surface area contributed by atoms with Crippen LogP contribution in [0.1, 0.15) is 29.1 Å². The Morgan fingerprint density at radius 3 is 2.93 bits per heavy atom. The highest BCUT2D eigenvalue weighted by molar-refractivity contribution is 7.17. The molecule has 15 heavy (non-hydrogen) atoms. The van der Waals surface area contributed by atoms with Crippen molar-refractivity contribution in [2.75, 3.05) is 18.9 Å². The topological polar surface area (TPSA) is 66.9 Å². The second kappa shape index (κ2) is 4.57. The molecule has 1 heterocycles. The van der Waals surface area contributed by atoms with E-state index in [-0.39, 0.29) is 5.91 Å². The Hall–Kier alpha value is -1.17. The molecule has 82 valence electrons. The molecule has 1 fully saturated rings. The van der Waals surface area contributed by atoms with Crippen molar-refractivity contribution in [2.45, 2.75) is 19.3 Å². The second-order valence-corrected chi connectivity index (χ2v) is 4.63. The average molecular weight is 226 g/mol. The van der Waals surface area contributed by atoms with Gasteiger partial charge in [0, 0.05) is 13.6 Å². The molecule has 1 aliphatic carbocycles. The fourth-order valence-corrected chi connectivity index (χ4v) is 1.90. The molecular weight excluding hydrogens is 212 g/mol. The van der Waals surface area contributed by atoms with Crippen molar-refractivity contribution in [2.24, 2.45) is 5.92 Å². The normalized spacial score (nSPS) is 15.0. The van der Waals surface area contributed by atoms with Crippen LogP contribution in [0.4, 0.5) is 5.13 Å². The first-order chi connectivity index (χ1) is 7.29. The lowest BCUT2D eigenvalue weighted by molar-refractivity contribution is 0.0951. The van der Waals surface area contributed by atoms with Gasteiger partial charge in [-0.1, -0.05) is 24.2 Å². The Kier molecular flexibility index (Phi) is 3.15. The number of hydrogen-bond acceptors (Lipinski definition) is 5. The van der Waals surface area contributed by atoms with Crippen LogP contribution in [0.3, 0.4) is 0 Å². The summed E-state index contributed by atoms with van der Waals surface area (Å²) < 4.78 is 0. The Balaban J connectivity index is 1.78. The van der Waals surface area contributed by atoms with Gasteiger partial charge >= 0.3 is 0 Å². The van der Waals surface area contributed by atoms with Gasteiger partial charge in [-0.15, -0.1) is 10.2 Å². The lowest BCUT2D eigenvalue weighted by Gasteiger charge is -2.00. The molecule has 1 saturated carbocycles. The van der Waals surface area contributed by atoms with Gasteiger partial charge in [-0.05, 0) is 12.3 Å². The van der Waals surface area contributed by atoms with Crippen LogP contribution in [0.15, 0.2) is 0 Å². The summed E-state index contributed by atoms with van der Waals surface area (Å²) in [6.45, 7) is 0.748. The molecule has 0 unspecified atom stereocenters. The van der Waals surface area contributed by atoms with Gasteiger partial charge in [0.2, 0.25) is 10.1 Å². The SMILES string of the molecule is CNc1nnc(C(=O)NCCC2CC2)s1. The zero-order chi connectivity index (χ0) is 10.7. The molecule has 1 amide bonds. The lowest BCUT2D eigenvalue weighted by atomic mass is 10.3. The van der Waals surface area contributed by atoms with Crippen LogP contribution in [-0.4, -0.2) is 29.7 Å². The van der Waals surface area contributed by atoms with E-state index >= 15 is 0 Å². The van der Waals surface area contributed by atoms with Crippen molar-refractivity contribution in [3.8, 4) is 0 Å². The number of nitrogens with one attached hydrogen (secondary N) is 2. The molecule has 0 saturated heterocycles. The molecule has 0 spiro atoms. The van der Waals surface area contributed by atoms with E-state index in [9.17, 15) is 4.79 Å². The largest absolute Gasteiger partial charge is 0.363 e. The van der Waals surface area contributed by atoms with Crippen molar-refractivity contribution >= 4 is 22.4 Å². The third-order valence-electron chi connectivity index (χ3n) is 2.37. The third kappa shape index (κ3) is 2.89. The van der Waals surface area contributed by atoms with Crippen LogP contribution in [0.25, 0.3) is 0 Å². The summed E-state index contributed by atoms with van der Waals surface area (Å²) in [6.07, 6.45) is 3.72. The van der Waals surface area contributed by atoms with Crippen LogP contribution in [0, 0.1) is 5.92 Å². The molecule has 0 radical (unpaired) electrons. The summed E-state index contributed by atoms with van der Waals surface area (Å²) in [4.78, 5) is 11.5. The minimum Gasteiger partial charge on any atom is -0.363 e. The highest BCUT2D eigenvalue weighted by Gasteiger charge is 2.21. The number of nitrogens with zero attached hydrogens (tertiary/aromatic N) is 2. The van der Waals surface area contributed by atoms with Crippen LogP contribution in [0.5, 0.6) is 0 Å². The van der Waals surface area contributed by atoms with Gasteiger partial charge in [0.05, 0.1) is 0 Å². The highest BCUT2D eigenvalue weighted by atomic mass is 32.1. The second-order valence-electron chi connectivity index (χ2n) is 3.65. The molecule has 1 aromatic rings. The fourth-order valence-electron chi connectivity index (χ4n) is 1.29. The summed E-state index contributed by atoms with van der Waals surface area (Å²) in [5.41, 5.74) is 0. The van der Waals surface area contributed by atoms with E-state index in [0.717, 1.165) is 18.9 Å². The van der Waals surface area contributed by atoms with Crippen molar-refractivity contribution in [3.05, 3.63) is 5.01 Å². The number of anilines is 1. The van der Waals surface area contributed by atoms with Gasteiger partial charge < -0.3 is 10.6 Å². The van der Waals surface area contributed by atoms with Crippen molar-refractivity contribution in [1.29, 1.82) is 0 Å². The number of aromatic nitrogens is 2. The van der Waals surface area contributed by atoms with Crippen molar-refractivity contribution in [1.82, 2.24) is 15.5 Å². The Morgan fingerprint density at radius 2 is 2.33 bits per heavy atom. The summed E-state index contributed by atoms with van der Waals surface area (Å²) in [7, 11) is 1.76. The third-order valence-corrected chi connectivity index (χ3v) is 3.31. The van der Waals surface area contributed by atoms with Gasteiger partial charge in [-0.2, -0.15) is 0 Å². The quantitative estimate of drug-likeness (QED) is 0.789. The van der Waals surface area contributed by atoms with Gasteiger partial charge in [0.1, 0.15) is 0 Å². The zero-order valence-corrected chi connectivity index (χ0v) is 9.43. The Morgan fingerprint density at radius 1 is 1.53 bits per heavy atom. The monoisotopic (exact) mass is 226 g/mol. The first-order valence-electron chi connectivity index (χ1n) is 5.09. The average Bonchev–Trinajstić information content (AvgIpc) is 2.94. The first-order valence-corrected chi connectivity index (χ1v) is 5.90. The van der Waals surface area contributed by atoms with E-state index < -0.39 is 0 Å². The fraction of sp³-hybridized carbons (Fsp3) is 0.667. The maximum Gasteiger partial charge on any atom is 0.282 e. The summed E-state index contributed by atoms with van der Waals surface area (Å²) in [5, 5.41) is 14.4. The standard InChI is InChI=1S/C9H14N4OS/c1-10-9-13-12-8(15-9)7(14)11-5-4-6-2-3-6/h6H,2-5H2,1H3,(H,10,13)(H,11,14). The number of amides is 1. The predicted molar refractivity (Wildman–Crippen MR) is 59.1 cm³/mol. The molecule has 2 N–H and O–H groups in total. The van der Waals surface area contributed by atoms with Crippen molar-refractivity contribution < 1.29 is 4.79 Å². The van der Waals surface area contributed by atoms with Gasteiger partial charge in [-0.25, -0.2) is 0 Å². The first kappa shape index (κ1) is 10.4. The van der Waals surface area contributed by atoms with E-state index in [4.69, 9.17) is 0 Å². The van der Waals surface area contributed by atoms with Gasteiger partial charge in [0.25, 0.3) is 5.91 Å². The molecule has 1 aliphatic rings. The smallest absolute Gasteiger partial charge is 0.282 e. The lowest BCUT2D eigenvalue weighted by Crippen LogP contribution is -2.24. The molecule has 0 aromatic carbocycles. The molecule has 6 heteroatoms. The Bertz CT molecular complexity index is 348. The number of rotatable bonds is 5. The minimum absolute atomic E-state index is 0.116. The molecular formula is C9H14N4OS. The maximum absolute atomic E-state index is 11.5. The van der Waals surface area contributed by atoms with E-state index in [1.807, 2.05) is 0 Å².